The minimum Gasteiger partial charge on any atom is -0.356 e. The molecule has 1 heterocycles. The average Bonchev–Trinajstić information content (AvgIpc) is 3.44. The third-order valence-corrected chi connectivity index (χ3v) is 4.99. The summed E-state index contributed by atoms with van der Waals surface area (Å²) < 4.78 is 48.7. The molecule has 27 heavy (non-hydrogen) atoms. The summed E-state index contributed by atoms with van der Waals surface area (Å²) >= 11 is 6.00. The van der Waals surface area contributed by atoms with Crippen LogP contribution in [0.2, 0.25) is 5.02 Å². The van der Waals surface area contributed by atoms with Gasteiger partial charge in [-0.05, 0) is 38.0 Å². The summed E-state index contributed by atoms with van der Waals surface area (Å²) in [7, 11) is 0. The highest BCUT2D eigenvalue weighted by Gasteiger charge is 2.61. The lowest BCUT2D eigenvalue weighted by molar-refractivity contribution is -0.273. The smallest absolute Gasteiger partial charge is 0.356 e. The van der Waals surface area contributed by atoms with E-state index in [0.29, 0.717) is 11.3 Å². The summed E-state index contributed by atoms with van der Waals surface area (Å²) in [6.07, 6.45) is -4.06. The van der Waals surface area contributed by atoms with Crippen molar-refractivity contribution in [3.05, 3.63) is 64.2 Å². The van der Waals surface area contributed by atoms with Crippen molar-refractivity contribution < 1.29 is 17.9 Å². The Bertz CT molecular complexity index is 925. The van der Waals surface area contributed by atoms with E-state index in [4.69, 9.17) is 16.3 Å². The quantitative estimate of drug-likeness (QED) is 0.605. The molecule has 2 unspecified atom stereocenters. The topological polar surface area (TPSA) is 21.3 Å². The Morgan fingerprint density at radius 1 is 1.15 bits per heavy atom. The van der Waals surface area contributed by atoms with Crippen LogP contribution in [0.15, 0.2) is 42.5 Å². The largest absolute Gasteiger partial charge is 0.433 e. The van der Waals surface area contributed by atoms with Gasteiger partial charge in [-0.3, -0.25) is 0 Å². The summed E-state index contributed by atoms with van der Waals surface area (Å²) in [5.41, 5.74) is -0.894. The van der Waals surface area contributed by atoms with Crippen LogP contribution in [0, 0.1) is 24.7 Å². The Kier molecular flexibility index (Phi) is 4.37. The zero-order valence-corrected chi connectivity index (χ0v) is 15.3. The fraction of sp³-hybridized carbons (Fsp3) is 0.333. The van der Waals surface area contributed by atoms with Gasteiger partial charge in [0.1, 0.15) is 0 Å². The summed E-state index contributed by atoms with van der Waals surface area (Å²) in [6, 6.07) is 11.6. The summed E-state index contributed by atoms with van der Waals surface area (Å²) in [4.78, 5) is 0. The number of rotatable bonds is 1. The van der Waals surface area contributed by atoms with Crippen LogP contribution in [0.5, 0.6) is 0 Å². The number of ether oxygens (including phenoxy) is 1. The van der Waals surface area contributed by atoms with Gasteiger partial charge in [0.2, 0.25) is 0 Å². The lowest BCUT2D eigenvalue weighted by Crippen LogP contribution is -2.48. The number of fused-ring (bicyclic) bond motifs is 1. The Labute approximate surface area is 160 Å². The van der Waals surface area contributed by atoms with Gasteiger partial charge in [-0.1, -0.05) is 53.3 Å². The van der Waals surface area contributed by atoms with Gasteiger partial charge in [0.15, 0.2) is 6.23 Å². The molecule has 0 saturated heterocycles. The van der Waals surface area contributed by atoms with Gasteiger partial charge < -0.3 is 10.1 Å². The van der Waals surface area contributed by atoms with Crippen LogP contribution in [0.1, 0.15) is 35.8 Å². The molecule has 1 fully saturated rings. The van der Waals surface area contributed by atoms with E-state index in [1.807, 2.05) is 19.1 Å². The van der Waals surface area contributed by atoms with Crippen molar-refractivity contribution in [2.24, 2.45) is 5.92 Å². The van der Waals surface area contributed by atoms with Crippen LogP contribution >= 0.6 is 11.6 Å². The van der Waals surface area contributed by atoms with E-state index in [0.717, 1.165) is 18.4 Å². The second-order valence-corrected chi connectivity index (χ2v) is 7.40. The first-order valence-electron chi connectivity index (χ1n) is 8.69. The molecule has 0 spiro atoms. The third kappa shape index (κ3) is 3.40. The highest BCUT2D eigenvalue weighted by atomic mass is 35.5. The summed E-state index contributed by atoms with van der Waals surface area (Å²) in [5.74, 6) is 5.19. The molecule has 2 aromatic rings. The van der Waals surface area contributed by atoms with E-state index in [1.54, 1.807) is 24.3 Å². The predicted octanol–water partition coefficient (Wildman–Crippen LogP) is 5.96. The number of hydrogen-bond donors (Lipinski definition) is 1. The number of nitrogens with one attached hydrogen (secondary N) is 1. The molecule has 0 aromatic heterocycles. The number of aryl methyl sites for hydroxylation is 1. The van der Waals surface area contributed by atoms with Crippen molar-refractivity contribution in [2.75, 3.05) is 5.32 Å². The zero-order chi connectivity index (χ0) is 19.2. The molecule has 6 heteroatoms. The first kappa shape index (κ1) is 18.2. The molecule has 2 nitrogen and oxygen atoms in total. The first-order chi connectivity index (χ1) is 12.8. The molecule has 1 N–H and O–H groups in total. The SMILES string of the molecule is Cc1ccc(C2Nc3ccc(Cl)cc3C(C#CC3CC3)(C(F)(F)F)O2)cc1. The van der Waals surface area contributed by atoms with Crippen LogP contribution in [-0.2, 0) is 10.3 Å². The summed E-state index contributed by atoms with van der Waals surface area (Å²) in [5, 5.41) is 3.24. The number of halogens is 4. The molecule has 1 aliphatic carbocycles. The van der Waals surface area contributed by atoms with Gasteiger partial charge in [0, 0.05) is 27.8 Å². The standard InChI is InChI=1S/C21H17ClF3NO/c1-13-2-6-15(7-3-13)19-26-18-9-8-16(22)12-17(18)20(27-19,21(23,24)25)11-10-14-4-5-14/h2-3,6-9,12,14,19,26H,4-5H2,1H3. The molecule has 2 atom stereocenters. The normalized spacial score (nSPS) is 24.4. The van der Waals surface area contributed by atoms with Crippen molar-refractivity contribution in [3.8, 4) is 11.8 Å². The van der Waals surface area contributed by atoms with E-state index in [9.17, 15) is 13.2 Å². The number of benzene rings is 2. The molecular formula is C21H17ClF3NO. The van der Waals surface area contributed by atoms with E-state index >= 15 is 0 Å². The Hall–Kier alpha value is -2.16. The number of anilines is 1. The van der Waals surface area contributed by atoms with Gasteiger partial charge in [-0.15, -0.1) is 0 Å². The Balaban J connectivity index is 1.87. The van der Waals surface area contributed by atoms with E-state index in [1.165, 1.54) is 6.07 Å². The van der Waals surface area contributed by atoms with Gasteiger partial charge >= 0.3 is 6.18 Å². The predicted molar refractivity (Wildman–Crippen MR) is 98.3 cm³/mol. The highest BCUT2D eigenvalue weighted by Crippen LogP contribution is 2.51. The van der Waals surface area contributed by atoms with Crippen molar-refractivity contribution in [3.63, 3.8) is 0 Å². The van der Waals surface area contributed by atoms with Gasteiger partial charge in [-0.25, -0.2) is 0 Å². The molecule has 0 amide bonds. The second-order valence-electron chi connectivity index (χ2n) is 6.97. The van der Waals surface area contributed by atoms with Crippen LogP contribution in [0.4, 0.5) is 18.9 Å². The molecule has 4 rings (SSSR count). The molecule has 0 bridgehead atoms. The van der Waals surface area contributed by atoms with Crippen LogP contribution in [0.25, 0.3) is 0 Å². The zero-order valence-electron chi connectivity index (χ0n) is 14.5. The molecule has 140 valence electrons. The van der Waals surface area contributed by atoms with Crippen LogP contribution in [-0.4, -0.2) is 6.18 Å². The Morgan fingerprint density at radius 2 is 1.85 bits per heavy atom. The van der Waals surface area contributed by atoms with E-state index < -0.39 is 18.0 Å². The first-order valence-corrected chi connectivity index (χ1v) is 9.07. The Morgan fingerprint density at radius 3 is 2.48 bits per heavy atom. The molecular weight excluding hydrogens is 375 g/mol. The monoisotopic (exact) mass is 391 g/mol. The number of alkyl halides is 3. The van der Waals surface area contributed by atoms with Crippen molar-refractivity contribution in [1.82, 2.24) is 0 Å². The van der Waals surface area contributed by atoms with E-state index in [-0.39, 0.29) is 16.5 Å². The molecule has 2 aromatic carbocycles. The fourth-order valence-corrected chi connectivity index (χ4v) is 3.23. The van der Waals surface area contributed by atoms with Gasteiger partial charge in [-0.2, -0.15) is 13.2 Å². The van der Waals surface area contributed by atoms with Crippen LogP contribution in [0.3, 0.4) is 0 Å². The maximum absolute atomic E-state index is 14.3. The molecule has 1 aliphatic heterocycles. The minimum atomic E-state index is -4.72. The minimum absolute atomic E-state index is 0.00293. The maximum atomic E-state index is 14.3. The van der Waals surface area contributed by atoms with Gasteiger partial charge in [0.25, 0.3) is 5.60 Å². The van der Waals surface area contributed by atoms with Crippen molar-refractivity contribution in [2.45, 2.75) is 37.8 Å². The molecule has 0 radical (unpaired) electrons. The third-order valence-electron chi connectivity index (χ3n) is 4.75. The number of hydrogen-bond acceptors (Lipinski definition) is 2. The summed E-state index contributed by atoms with van der Waals surface area (Å²) in [6.45, 7) is 1.91. The van der Waals surface area contributed by atoms with Crippen molar-refractivity contribution >= 4 is 17.3 Å². The lowest BCUT2D eigenvalue weighted by atomic mass is 9.89. The average molecular weight is 392 g/mol. The highest BCUT2D eigenvalue weighted by molar-refractivity contribution is 6.30. The van der Waals surface area contributed by atoms with Crippen LogP contribution < -0.4 is 5.32 Å². The maximum Gasteiger partial charge on any atom is 0.433 e. The fourth-order valence-electron chi connectivity index (χ4n) is 3.06. The lowest BCUT2D eigenvalue weighted by Gasteiger charge is -2.41. The molecule has 2 aliphatic rings. The second kappa shape index (κ2) is 6.47. The molecule has 1 saturated carbocycles. The van der Waals surface area contributed by atoms with E-state index in [2.05, 4.69) is 17.2 Å². The van der Waals surface area contributed by atoms with Gasteiger partial charge in [0.05, 0.1) is 0 Å². The van der Waals surface area contributed by atoms with Crippen molar-refractivity contribution in [1.29, 1.82) is 0 Å².